The van der Waals surface area contributed by atoms with Crippen LogP contribution < -0.4 is 5.32 Å². The largest absolute Gasteiger partial charge is 0.396 e. The molecule has 0 saturated heterocycles. The van der Waals surface area contributed by atoms with Crippen molar-refractivity contribution in [2.24, 2.45) is 0 Å². The summed E-state index contributed by atoms with van der Waals surface area (Å²) in [6.45, 7) is 5.71. The Morgan fingerprint density at radius 2 is 2.10 bits per heavy atom. The normalized spacial score (nSPS) is 8.50. The minimum absolute atomic E-state index is 0. The number of unbranched alkanes of at least 4 members (excludes halogenated alkanes) is 1. The van der Waals surface area contributed by atoms with Gasteiger partial charge in [-0.3, -0.25) is 0 Å². The quantitative estimate of drug-likeness (QED) is 0.454. The van der Waals surface area contributed by atoms with Crippen LogP contribution in [-0.4, -0.2) is 24.8 Å². The number of halogens is 1. The van der Waals surface area contributed by atoms with E-state index in [0.717, 1.165) is 25.9 Å². The highest BCUT2D eigenvalue weighted by Crippen LogP contribution is 1.82. The minimum Gasteiger partial charge on any atom is -0.396 e. The van der Waals surface area contributed by atoms with Gasteiger partial charge in [0.1, 0.15) is 0 Å². The maximum Gasteiger partial charge on any atom is 0.0431 e. The Morgan fingerprint density at radius 1 is 1.40 bits per heavy atom. The van der Waals surface area contributed by atoms with E-state index in [1.165, 1.54) is 0 Å². The van der Waals surface area contributed by atoms with Crippen molar-refractivity contribution < 1.29 is 5.11 Å². The fraction of sp³-hybridized carbons (Fsp3) is 0.714. The van der Waals surface area contributed by atoms with Gasteiger partial charge in [0.2, 0.25) is 0 Å². The molecule has 0 spiro atoms. The Hall–Kier alpha value is -0.0500. The van der Waals surface area contributed by atoms with Crippen LogP contribution in [0.2, 0.25) is 0 Å². The number of nitrogens with one attached hydrogen (secondary N) is 1. The lowest BCUT2D eigenvalue weighted by atomic mass is 10.3. The molecule has 0 fully saturated rings. The zero-order valence-corrected chi connectivity index (χ0v) is 6.99. The SMILES string of the molecule is C=CCNCCCCO.Cl. The summed E-state index contributed by atoms with van der Waals surface area (Å²) in [7, 11) is 0. The van der Waals surface area contributed by atoms with Crippen LogP contribution in [0, 0.1) is 0 Å². The van der Waals surface area contributed by atoms with Gasteiger partial charge in [0.25, 0.3) is 0 Å². The van der Waals surface area contributed by atoms with E-state index in [9.17, 15) is 0 Å². The van der Waals surface area contributed by atoms with Crippen molar-refractivity contribution in [1.29, 1.82) is 0 Å². The summed E-state index contributed by atoms with van der Waals surface area (Å²) in [5.41, 5.74) is 0. The second-order valence-electron chi connectivity index (χ2n) is 1.92. The molecule has 0 aliphatic heterocycles. The van der Waals surface area contributed by atoms with E-state index >= 15 is 0 Å². The second kappa shape index (κ2) is 11.7. The molecule has 62 valence electrons. The van der Waals surface area contributed by atoms with Crippen LogP contribution in [0.5, 0.6) is 0 Å². The molecule has 2 nitrogen and oxygen atoms in total. The van der Waals surface area contributed by atoms with Gasteiger partial charge in [0.05, 0.1) is 0 Å². The van der Waals surface area contributed by atoms with Crippen LogP contribution in [0.4, 0.5) is 0 Å². The van der Waals surface area contributed by atoms with Gasteiger partial charge in [-0.2, -0.15) is 0 Å². The Kier molecular flexibility index (Phi) is 14.8. The molecule has 0 heterocycles. The van der Waals surface area contributed by atoms with Crippen LogP contribution in [0.15, 0.2) is 12.7 Å². The first-order valence-corrected chi connectivity index (χ1v) is 3.34. The van der Waals surface area contributed by atoms with E-state index in [1.807, 2.05) is 6.08 Å². The standard InChI is InChI=1S/C7H15NO.ClH/c1-2-5-8-6-3-4-7-9;/h2,8-9H,1,3-7H2;1H. The zero-order valence-electron chi connectivity index (χ0n) is 6.18. The topological polar surface area (TPSA) is 32.3 Å². The van der Waals surface area contributed by atoms with Gasteiger partial charge in [-0.1, -0.05) is 6.08 Å². The van der Waals surface area contributed by atoms with Crippen LogP contribution in [0.25, 0.3) is 0 Å². The third-order valence-electron chi connectivity index (χ3n) is 1.05. The van der Waals surface area contributed by atoms with Gasteiger partial charge in [0.15, 0.2) is 0 Å². The summed E-state index contributed by atoms with van der Waals surface area (Å²) >= 11 is 0. The first-order chi connectivity index (χ1) is 4.41. The van der Waals surface area contributed by atoms with Gasteiger partial charge < -0.3 is 10.4 Å². The maximum atomic E-state index is 8.37. The molecule has 0 aromatic carbocycles. The van der Waals surface area contributed by atoms with E-state index in [-0.39, 0.29) is 12.4 Å². The van der Waals surface area contributed by atoms with Gasteiger partial charge in [-0.25, -0.2) is 0 Å². The summed E-state index contributed by atoms with van der Waals surface area (Å²) in [4.78, 5) is 0. The third kappa shape index (κ3) is 10.8. The van der Waals surface area contributed by atoms with E-state index in [2.05, 4.69) is 11.9 Å². The molecule has 0 amide bonds. The average molecular weight is 166 g/mol. The fourth-order valence-corrected chi connectivity index (χ4v) is 0.566. The molecule has 0 aromatic rings. The molecule has 10 heavy (non-hydrogen) atoms. The van der Waals surface area contributed by atoms with Gasteiger partial charge >= 0.3 is 0 Å². The predicted molar refractivity (Wildman–Crippen MR) is 46.6 cm³/mol. The summed E-state index contributed by atoms with van der Waals surface area (Å²) in [5.74, 6) is 0. The number of hydrogen-bond donors (Lipinski definition) is 2. The summed E-state index contributed by atoms with van der Waals surface area (Å²) in [5, 5.41) is 11.5. The molecule has 0 saturated carbocycles. The van der Waals surface area contributed by atoms with Crippen LogP contribution >= 0.6 is 12.4 Å². The first kappa shape index (κ1) is 12.6. The molecule has 0 aliphatic rings. The fourth-order valence-electron chi connectivity index (χ4n) is 0.566. The second-order valence-corrected chi connectivity index (χ2v) is 1.92. The number of rotatable bonds is 6. The van der Waals surface area contributed by atoms with Crippen molar-refractivity contribution in [1.82, 2.24) is 5.32 Å². The third-order valence-corrected chi connectivity index (χ3v) is 1.05. The number of hydrogen-bond acceptors (Lipinski definition) is 2. The monoisotopic (exact) mass is 165 g/mol. The smallest absolute Gasteiger partial charge is 0.0431 e. The molecule has 2 N–H and O–H groups in total. The number of aliphatic hydroxyl groups excluding tert-OH is 1. The van der Waals surface area contributed by atoms with Crippen LogP contribution in [-0.2, 0) is 0 Å². The molecule has 0 atom stereocenters. The molecular formula is C7H16ClNO. The zero-order chi connectivity index (χ0) is 6.95. The lowest BCUT2D eigenvalue weighted by Gasteiger charge is -1.97. The minimum atomic E-state index is 0. The predicted octanol–water partition coefficient (Wildman–Crippen LogP) is 0.956. The van der Waals surface area contributed by atoms with Gasteiger partial charge in [-0.15, -0.1) is 19.0 Å². The Balaban J connectivity index is 0. The first-order valence-electron chi connectivity index (χ1n) is 3.34. The van der Waals surface area contributed by atoms with E-state index in [1.54, 1.807) is 0 Å². The summed E-state index contributed by atoms with van der Waals surface area (Å²) < 4.78 is 0. The lowest BCUT2D eigenvalue weighted by Crippen LogP contribution is -2.14. The number of aliphatic hydroxyl groups is 1. The maximum absolute atomic E-state index is 8.37. The van der Waals surface area contributed by atoms with Crippen molar-refractivity contribution in [2.75, 3.05) is 19.7 Å². The molecule has 0 rings (SSSR count). The highest BCUT2D eigenvalue weighted by Gasteiger charge is 1.83. The molecular weight excluding hydrogens is 150 g/mol. The highest BCUT2D eigenvalue weighted by atomic mass is 35.5. The van der Waals surface area contributed by atoms with E-state index in [4.69, 9.17) is 5.11 Å². The summed E-state index contributed by atoms with van der Waals surface area (Å²) in [6, 6.07) is 0. The van der Waals surface area contributed by atoms with Gasteiger partial charge in [-0.05, 0) is 19.4 Å². The van der Waals surface area contributed by atoms with E-state index < -0.39 is 0 Å². The molecule has 0 aromatic heterocycles. The van der Waals surface area contributed by atoms with Crippen molar-refractivity contribution >= 4 is 12.4 Å². The summed E-state index contributed by atoms with van der Waals surface area (Å²) in [6.07, 6.45) is 3.77. The molecule has 0 bridgehead atoms. The van der Waals surface area contributed by atoms with Crippen LogP contribution in [0.3, 0.4) is 0 Å². The van der Waals surface area contributed by atoms with Crippen LogP contribution in [0.1, 0.15) is 12.8 Å². The molecule has 0 unspecified atom stereocenters. The van der Waals surface area contributed by atoms with Crippen molar-refractivity contribution in [3.8, 4) is 0 Å². The van der Waals surface area contributed by atoms with E-state index in [0.29, 0.717) is 6.61 Å². The van der Waals surface area contributed by atoms with Crippen molar-refractivity contribution in [3.05, 3.63) is 12.7 Å². The average Bonchev–Trinajstić information content (AvgIpc) is 1.89. The van der Waals surface area contributed by atoms with Crippen molar-refractivity contribution in [2.45, 2.75) is 12.8 Å². The molecule has 3 heteroatoms. The van der Waals surface area contributed by atoms with Gasteiger partial charge in [0, 0.05) is 13.2 Å². The highest BCUT2D eigenvalue weighted by molar-refractivity contribution is 5.85. The Bertz CT molecular complexity index is 68.6. The Morgan fingerprint density at radius 3 is 2.60 bits per heavy atom. The Labute approximate surface area is 68.7 Å². The lowest BCUT2D eigenvalue weighted by molar-refractivity contribution is 0.284. The van der Waals surface area contributed by atoms with Crippen molar-refractivity contribution in [3.63, 3.8) is 0 Å². The molecule has 0 radical (unpaired) electrons. The molecule has 0 aliphatic carbocycles.